The molecule has 0 spiro atoms. The molecule has 0 unspecified atom stereocenters. The maximum absolute atomic E-state index is 11.9. The van der Waals surface area contributed by atoms with Crippen LogP contribution in [0.5, 0.6) is 0 Å². The van der Waals surface area contributed by atoms with E-state index in [2.05, 4.69) is 4.98 Å². The lowest BCUT2D eigenvalue weighted by Gasteiger charge is -2.08. The molecule has 0 aromatic carbocycles. The molecular weight excluding hydrogens is 252 g/mol. The van der Waals surface area contributed by atoms with Gasteiger partial charge in [-0.05, 0) is 0 Å². The zero-order valence-corrected chi connectivity index (χ0v) is 10.9. The zero-order valence-electron chi connectivity index (χ0n) is 10.9. The number of fused-ring (bicyclic) bond motifs is 1. The molecule has 0 aliphatic heterocycles. The highest BCUT2D eigenvalue weighted by molar-refractivity contribution is 5.69. The summed E-state index contributed by atoms with van der Waals surface area (Å²) in [7, 11) is 2.97. The molecule has 0 fully saturated rings. The third-order valence-electron chi connectivity index (χ3n) is 2.85. The fraction of sp³-hybridized carbons (Fsp3) is 0.455. The number of esters is 1. The van der Waals surface area contributed by atoms with Crippen LogP contribution in [0.2, 0.25) is 0 Å². The summed E-state index contributed by atoms with van der Waals surface area (Å²) in [6.07, 6.45) is 1.45. The van der Waals surface area contributed by atoms with Crippen LogP contribution in [-0.4, -0.2) is 31.3 Å². The third kappa shape index (κ3) is 2.16. The van der Waals surface area contributed by atoms with E-state index in [-0.39, 0.29) is 18.1 Å². The maximum atomic E-state index is 11.9. The van der Waals surface area contributed by atoms with Crippen LogP contribution in [0.15, 0.2) is 15.9 Å². The van der Waals surface area contributed by atoms with Crippen LogP contribution in [0.1, 0.15) is 6.92 Å². The fourth-order valence-corrected chi connectivity index (χ4v) is 1.89. The predicted octanol–water partition coefficient (Wildman–Crippen LogP) is -1.00. The normalized spacial score (nSPS) is 10.9. The lowest BCUT2D eigenvalue weighted by molar-refractivity contribution is -0.141. The van der Waals surface area contributed by atoms with Crippen LogP contribution in [0, 0.1) is 0 Å². The van der Waals surface area contributed by atoms with E-state index in [0.29, 0.717) is 12.2 Å². The van der Waals surface area contributed by atoms with E-state index >= 15 is 0 Å². The van der Waals surface area contributed by atoms with Gasteiger partial charge in [-0.25, -0.2) is 9.78 Å². The van der Waals surface area contributed by atoms with Crippen molar-refractivity contribution in [2.75, 3.05) is 6.61 Å². The lowest BCUT2D eigenvalue weighted by Crippen LogP contribution is -2.37. The molecule has 0 aliphatic rings. The van der Waals surface area contributed by atoms with Crippen LogP contribution in [0.25, 0.3) is 11.2 Å². The van der Waals surface area contributed by atoms with Gasteiger partial charge in [0.1, 0.15) is 12.3 Å². The van der Waals surface area contributed by atoms with Gasteiger partial charge in [0.05, 0.1) is 12.9 Å². The molecule has 0 amide bonds. The molecule has 2 aromatic heterocycles. The van der Waals surface area contributed by atoms with Gasteiger partial charge >= 0.3 is 11.7 Å². The number of aromatic nitrogens is 4. The highest BCUT2D eigenvalue weighted by atomic mass is 16.5. The van der Waals surface area contributed by atoms with Gasteiger partial charge in [-0.15, -0.1) is 0 Å². The van der Waals surface area contributed by atoms with Crippen molar-refractivity contribution in [1.29, 1.82) is 0 Å². The Kier molecular flexibility index (Phi) is 3.24. The SMILES string of the molecule is CC(=O)OCCn1cnc2c(=O)n(C)c(=O)n(C)c21. The van der Waals surface area contributed by atoms with Gasteiger partial charge in [0.25, 0.3) is 5.56 Å². The van der Waals surface area contributed by atoms with Crippen LogP contribution in [-0.2, 0) is 30.2 Å². The molecular formula is C11H14N4O4. The van der Waals surface area contributed by atoms with Gasteiger partial charge in [-0.3, -0.25) is 18.7 Å². The molecule has 8 heteroatoms. The number of ether oxygens (including phenoxy) is 1. The Morgan fingerprint density at radius 3 is 2.63 bits per heavy atom. The minimum Gasteiger partial charge on any atom is -0.464 e. The first-order valence-corrected chi connectivity index (χ1v) is 5.67. The Morgan fingerprint density at radius 2 is 2.00 bits per heavy atom. The van der Waals surface area contributed by atoms with Crippen molar-refractivity contribution in [3.8, 4) is 0 Å². The second-order valence-corrected chi connectivity index (χ2v) is 4.16. The first-order chi connectivity index (χ1) is 8.93. The van der Waals surface area contributed by atoms with Gasteiger partial charge in [0, 0.05) is 21.0 Å². The molecule has 0 bridgehead atoms. The quantitative estimate of drug-likeness (QED) is 0.665. The predicted molar refractivity (Wildman–Crippen MR) is 66.8 cm³/mol. The fourth-order valence-electron chi connectivity index (χ4n) is 1.89. The first kappa shape index (κ1) is 13.1. The number of hydrogen-bond acceptors (Lipinski definition) is 5. The number of nitrogens with zero attached hydrogens (tertiary/aromatic N) is 4. The van der Waals surface area contributed by atoms with Crippen molar-refractivity contribution in [1.82, 2.24) is 18.7 Å². The molecule has 0 atom stereocenters. The smallest absolute Gasteiger partial charge is 0.332 e. The Hall–Kier alpha value is -2.38. The molecule has 0 aliphatic carbocycles. The Morgan fingerprint density at radius 1 is 1.32 bits per heavy atom. The maximum Gasteiger partial charge on any atom is 0.332 e. The van der Waals surface area contributed by atoms with Gasteiger partial charge in [-0.2, -0.15) is 0 Å². The molecule has 8 nitrogen and oxygen atoms in total. The number of carbonyl (C=O) groups excluding carboxylic acids is 1. The van der Waals surface area contributed by atoms with E-state index in [1.165, 1.54) is 24.9 Å². The summed E-state index contributed by atoms with van der Waals surface area (Å²) in [6, 6.07) is 0. The van der Waals surface area contributed by atoms with Gasteiger partial charge < -0.3 is 9.30 Å². The Labute approximate surface area is 107 Å². The minimum absolute atomic E-state index is 0.157. The average molecular weight is 266 g/mol. The average Bonchev–Trinajstić information content (AvgIpc) is 2.77. The largest absolute Gasteiger partial charge is 0.464 e. The molecule has 102 valence electrons. The summed E-state index contributed by atoms with van der Waals surface area (Å²) >= 11 is 0. The summed E-state index contributed by atoms with van der Waals surface area (Å²) in [5, 5.41) is 0. The topological polar surface area (TPSA) is 88.1 Å². The summed E-state index contributed by atoms with van der Waals surface area (Å²) in [4.78, 5) is 38.4. The second kappa shape index (κ2) is 4.71. The van der Waals surface area contributed by atoms with Crippen LogP contribution >= 0.6 is 0 Å². The van der Waals surface area contributed by atoms with Crippen LogP contribution in [0.4, 0.5) is 0 Å². The summed E-state index contributed by atoms with van der Waals surface area (Å²) in [5.74, 6) is -0.380. The molecule has 0 radical (unpaired) electrons. The minimum atomic E-state index is -0.440. The van der Waals surface area contributed by atoms with E-state index in [4.69, 9.17) is 4.74 Å². The van der Waals surface area contributed by atoms with Crippen LogP contribution < -0.4 is 11.2 Å². The van der Waals surface area contributed by atoms with Crippen molar-refractivity contribution in [3.05, 3.63) is 27.2 Å². The van der Waals surface area contributed by atoms with E-state index in [1.54, 1.807) is 11.6 Å². The van der Waals surface area contributed by atoms with Crippen molar-refractivity contribution in [2.45, 2.75) is 13.5 Å². The highest BCUT2D eigenvalue weighted by Gasteiger charge is 2.13. The summed E-state index contributed by atoms with van der Waals surface area (Å²) < 4.78 is 8.79. The van der Waals surface area contributed by atoms with Crippen LogP contribution in [0.3, 0.4) is 0 Å². The number of hydrogen-bond donors (Lipinski definition) is 0. The highest BCUT2D eigenvalue weighted by Crippen LogP contribution is 2.05. The zero-order chi connectivity index (χ0) is 14.2. The van der Waals surface area contributed by atoms with Gasteiger partial charge in [0.15, 0.2) is 5.52 Å². The van der Waals surface area contributed by atoms with Crippen molar-refractivity contribution in [3.63, 3.8) is 0 Å². The number of rotatable bonds is 3. The van der Waals surface area contributed by atoms with Crippen molar-refractivity contribution in [2.24, 2.45) is 14.1 Å². The summed E-state index contributed by atoms with van der Waals surface area (Å²) in [6.45, 7) is 1.80. The van der Waals surface area contributed by atoms with Crippen molar-refractivity contribution >= 4 is 17.1 Å². The third-order valence-corrected chi connectivity index (χ3v) is 2.85. The summed E-state index contributed by atoms with van der Waals surface area (Å²) in [5.41, 5.74) is -0.233. The van der Waals surface area contributed by atoms with E-state index in [1.807, 2.05) is 0 Å². The number of aryl methyl sites for hydroxylation is 1. The first-order valence-electron chi connectivity index (χ1n) is 5.67. The monoisotopic (exact) mass is 266 g/mol. The lowest BCUT2D eigenvalue weighted by atomic mass is 10.5. The molecule has 0 saturated heterocycles. The molecule has 2 rings (SSSR count). The molecule has 0 saturated carbocycles. The molecule has 19 heavy (non-hydrogen) atoms. The van der Waals surface area contributed by atoms with Gasteiger partial charge in [0.2, 0.25) is 0 Å². The molecule has 0 N–H and O–H groups in total. The Bertz CT molecular complexity index is 752. The second-order valence-electron chi connectivity index (χ2n) is 4.16. The Balaban J connectivity index is 2.51. The number of carbonyl (C=O) groups is 1. The molecule has 2 heterocycles. The van der Waals surface area contributed by atoms with E-state index in [9.17, 15) is 14.4 Å². The van der Waals surface area contributed by atoms with Crippen molar-refractivity contribution < 1.29 is 9.53 Å². The van der Waals surface area contributed by atoms with Gasteiger partial charge in [-0.1, -0.05) is 0 Å². The van der Waals surface area contributed by atoms with E-state index < -0.39 is 11.2 Å². The molecule has 2 aromatic rings. The number of imidazole rings is 1. The van der Waals surface area contributed by atoms with E-state index in [0.717, 1.165) is 4.57 Å². The standard InChI is InChI=1S/C11H14N4O4/c1-7(16)19-5-4-15-6-12-8-9(15)13(2)11(18)14(3)10(8)17/h6H,4-5H2,1-3H3.